The van der Waals surface area contributed by atoms with E-state index in [4.69, 9.17) is 9.47 Å². The molecule has 3 rings (SSSR count). The van der Waals surface area contributed by atoms with Crippen molar-refractivity contribution >= 4 is 23.2 Å². The number of ether oxygens (including phenoxy) is 2. The zero-order valence-electron chi connectivity index (χ0n) is 16.6. The molecule has 0 fully saturated rings. The number of nitrogens with zero attached hydrogens (tertiary/aromatic N) is 1. The Morgan fingerprint density at radius 3 is 2.71 bits per heavy atom. The molecule has 2 aromatic carbocycles. The van der Waals surface area contributed by atoms with Gasteiger partial charge in [0, 0.05) is 31.3 Å². The Hall–Kier alpha value is -2.86. The Morgan fingerprint density at radius 2 is 1.96 bits per heavy atom. The monoisotopic (exact) mass is 382 g/mol. The molecule has 2 amide bonds. The zero-order chi connectivity index (χ0) is 20.1. The summed E-state index contributed by atoms with van der Waals surface area (Å²) in [4.78, 5) is 26.6. The summed E-state index contributed by atoms with van der Waals surface area (Å²) < 4.78 is 10.8. The van der Waals surface area contributed by atoms with Crippen molar-refractivity contribution in [2.45, 2.75) is 26.7 Å². The molecule has 1 aliphatic heterocycles. The number of aryl methyl sites for hydroxylation is 1. The van der Waals surface area contributed by atoms with E-state index in [0.717, 1.165) is 23.2 Å². The number of carbonyl (C=O) groups excluding carboxylic acids is 2. The van der Waals surface area contributed by atoms with Gasteiger partial charge in [-0.2, -0.15) is 0 Å². The Balaban J connectivity index is 1.76. The maximum Gasteiger partial charge on any atom is 0.255 e. The van der Waals surface area contributed by atoms with E-state index in [9.17, 15) is 9.59 Å². The molecule has 28 heavy (non-hydrogen) atoms. The summed E-state index contributed by atoms with van der Waals surface area (Å²) in [7, 11) is 1.62. The van der Waals surface area contributed by atoms with Crippen molar-refractivity contribution in [3.8, 4) is 5.75 Å². The normalized spacial score (nSPS) is 12.6. The van der Waals surface area contributed by atoms with Crippen LogP contribution in [0.25, 0.3) is 0 Å². The van der Waals surface area contributed by atoms with Crippen LogP contribution in [0.15, 0.2) is 36.4 Å². The number of hydrogen-bond acceptors (Lipinski definition) is 4. The van der Waals surface area contributed by atoms with Crippen molar-refractivity contribution in [2.75, 3.05) is 37.1 Å². The van der Waals surface area contributed by atoms with Gasteiger partial charge in [-0.15, -0.1) is 0 Å². The highest BCUT2D eigenvalue weighted by atomic mass is 16.5. The Kier molecular flexibility index (Phi) is 6.31. The van der Waals surface area contributed by atoms with Gasteiger partial charge in [0.15, 0.2) is 0 Å². The van der Waals surface area contributed by atoms with Gasteiger partial charge in [0.1, 0.15) is 12.4 Å². The molecule has 0 bridgehead atoms. The zero-order valence-corrected chi connectivity index (χ0v) is 16.6. The SMILES string of the molecule is CCC(=O)N1CCc2cc(C(=O)Nc3ccc(C)cc3OCCOC)ccc21. The first-order valence-corrected chi connectivity index (χ1v) is 9.50. The number of rotatable bonds is 7. The van der Waals surface area contributed by atoms with E-state index in [1.54, 1.807) is 18.1 Å². The number of fused-ring (bicyclic) bond motifs is 1. The lowest BCUT2D eigenvalue weighted by Crippen LogP contribution is -2.27. The average molecular weight is 382 g/mol. The number of anilines is 2. The summed E-state index contributed by atoms with van der Waals surface area (Å²) >= 11 is 0. The standard InChI is InChI=1S/C22H26N2O4/c1-4-21(25)24-10-9-16-14-17(6-8-19(16)24)22(26)23-18-7-5-15(2)13-20(18)28-12-11-27-3/h5-8,13-14H,4,9-12H2,1-3H3,(H,23,26). The van der Waals surface area contributed by atoms with E-state index in [-0.39, 0.29) is 11.8 Å². The van der Waals surface area contributed by atoms with E-state index < -0.39 is 0 Å². The van der Waals surface area contributed by atoms with E-state index in [1.807, 2.05) is 44.2 Å². The van der Waals surface area contributed by atoms with Gasteiger partial charge < -0.3 is 19.7 Å². The van der Waals surface area contributed by atoms with Crippen LogP contribution in [0.1, 0.15) is 34.8 Å². The van der Waals surface area contributed by atoms with Crippen LogP contribution in [0.2, 0.25) is 0 Å². The molecular formula is C22H26N2O4. The van der Waals surface area contributed by atoms with Crippen molar-refractivity contribution in [3.63, 3.8) is 0 Å². The first kappa shape index (κ1) is 19.9. The number of amides is 2. The Bertz CT molecular complexity index is 879. The Labute approximate surface area is 165 Å². The van der Waals surface area contributed by atoms with Crippen molar-refractivity contribution in [3.05, 3.63) is 53.1 Å². The lowest BCUT2D eigenvalue weighted by molar-refractivity contribution is -0.118. The smallest absolute Gasteiger partial charge is 0.255 e. The molecule has 1 aliphatic rings. The van der Waals surface area contributed by atoms with E-state index in [1.165, 1.54) is 0 Å². The van der Waals surface area contributed by atoms with Crippen LogP contribution in [-0.4, -0.2) is 38.7 Å². The quantitative estimate of drug-likeness (QED) is 0.744. The molecule has 0 spiro atoms. The molecule has 0 aromatic heterocycles. The van der Waals surface area contributed by atoms with Crippen LogP contribution in [0.4, 0.5) is 11.4 Å². The van der Waals surface area contributed by atoms with Crippen LogP contribution in [-0.2, 0) is 16.0 Å². The summed E-state index contributed by atoms with van der Waals surface area (Å²) in [6, 6.07) is 11.1. The van der Waals surface area contributed by atoms with Crippen LogP contribution >= 0.6 is 0 Å². The van der Waals surface area contributed by atoms with Gasteiger partial charge in [0.2, 0.25) is 5.91 Å². The van der Waals surface area contributed by atoms with Crippen molar-refractivity contribution < 1.29 is 19.1 Å². The third-order valence-corrected chi connectivity index (χ3v) is 4.77. The minimum absolute atomic E-state index is 0.105. The fourth-order valence-corrected chi connectivity index (χ4v) is 3.27. The minimum Gasteiger partial charge on any atom is -0.489 e. The van der Waals surface area contributed by atoms with E-state index >= 15 is 0 Å². The second-order valence-corrected chi connectivity index (χ2v) is 6.79. The third-order valence-electron chi connectivity index (χ3n) is 4.77. The fourth-order valence-electron chi connectivity index (χ4n) is 3.27. The number of nitrogens with one attached hydrogen (secondary N) is 1. The minimum atomic E-state index is -0.205. The molecule has 0 atom stereocenters. The van der Waals surface area contributed by atoms with E-state index in [0.29, 0.717) is 43.2 Å². The predicted molar refractivity (Wildman–Crippen MR) is 109 cm³/mol. The first-order chi connectivity index (χ1) is 13.5. The average Bonchev–Trinajstić information content (AvgIpc) is 3.12. The van der Waals surface area contributed by atoms with Crippen LogP contribution in [0.5, 0.6) is 5.75 Å². The van der Waals surface area contributed by atoms with Crippen LogP contribution in [0.3, 0.4) is 0 Å². The summed E-state index contributed by atoms with van der Waals surface area (Å²) in [5, 5.41) is 2.93. The van der Waals surface area contributed by atoms with Gasteiger partial charge in [-0.05, 0) is 54.8 Å². The number of carbonyl (C=O) groups is 2. The lowest BCUT2D eigenvalue weighted by atomic mass is 10.1. The lowest BCUT2D eigenvalue weighted by Gasteiger charge is -2.17. The molecule has 2 aromatic rings. The molecule has 6 heteroatoms. The topological polar surface area (TPSA) is 67.9 Å². The molecule has 0 radical (unpaired) electrons. The third kappa shape index (κ3) is 4.34. The predicted octanol–water partition coefficient (Wildman–Crippen LogP) is 3.57. The summed E-state index contributed by atoms with van der Waals surface area (Å²) in [5.74, 6) is 0.517. The molecule has 0 aliphatic carbocycles. The highest BCUT2D eigenvalue weighted by Crippen LogP contribution is 2.30. The second kappa shape index (κ2) is 8.89. The van der Waals surface area contributed by atoms with Gasteiger partial charge in [0.25, 0.3) is 5.91 Å². The molecule has 0 saturated carbocycles. The molecule has 1 N–H and O–H groups in total. The highest BCUT2D eigenvalue weighted by molar-refractivity contribution is 6.06. The Morgan fingerprint density at radius 1 is 1.14 bits per heavy atom. The second-order valence-electron chi connectivity index (χ2n) is 6.79. The molecule has 6 nitrogen and oxygen atoms in total. The summed E-state index contributed by atoms with van der Waals surface area (Å²) in [6.07, 6.45) is 1.24. The highest BCUT2D eigenvalue weighted by Gasteiger charge is 2.24. The first-order valence-electron chi connectivity index (χ1n) is 9.50. The van der Waals surface area contributed by atoms with Gasteiger partial charge >= 0.3 is 0 Å². The largest absolute Gasteiger partial charge is 0.489 e. The van der Waals surface area contributed by atoms with Crippen molar-refractivity contribution in [1.82, 2.24) is 0 Å². The van der Waals surface area contributed by atoms with Crippen molar-refractivity contribution in [2.24, 2.45) is 0 Å². The number of methoxy groups -OCH3 is 1. The van der Waals surface area contributed by atoms with Gasteiger partial charge in [-0.3, -0.25) is 9.59 Å². The maximum atomic E-state index is 12.8. The molecular weight excluding hydrogens is 356 g/mol. The van der Waals surface area contributed by atoms with Gasteiger partial charge in [-0.1, -0.05) is 13.0 Å². The van der Waals surface area contributed by atoms with Crippen LogP contribution < -0.4 is 15.0 Å². The number of hydrogen-bond donors (Lipinski definition) is 1. The van der Waals surface area contributed by atoms with E-state index in [2.05, 4.69) is 5.32 Å². The fraction of sp³-hybridized carbons (Fsp3) is 0.364. The van der Waals surface area contributed by atoms with Gasteiger partial charge in [-0.25, -0.2) is 0 Å². The molecule has 0 saturated heterocycles. The molecule has 148 valence electrons. The molecule has 1 heterocycles. The maximum absolute atomic E-state index is 12.8. The van der Waals surface area contributed by atoms with Crippen molar-refractivity contribution in [1.29, 1.82) is 0 Å². The summed E-state index contributed by atoms with van der Waals surface area (Å²) in [6.45, 7) is 5.37. The number of benzene rings is 2. The van der Waals surface area contributed by atoms with Gasteiger partial charge in [0.05, 0.1) is 12.3 Å². The molecule has 0 unspecified atom stereocenters. The van der Waals surface area contributed by atoms with Crippen LogP contribution in [0, 0.1) is 6.92 Å². The summed E-state index contributed by atoms with van der Waals surface area (Å²) in [5.41, 5.74) is 4.16.